The fraction of sp³-hybridized carbons (Fsp3) is 0.586. The number of carboxylic acid groups (broad SMARTS) is 3. The number of carbonyl (C=O) groups is 8. The summed E-state index contributed by atoms with van der Waals surface area (Å²) in [4.78, 5) is 110. The van der Waals surface area contributed by atoms with E-state index in [9.17, 15) is 53.7 Å². The van der Waals surface area contributed by atoms with Crippen LogP contribution in [-0.2, 0) is 44.8 Å². The van der Waals surface area contributed by atoms with E-state index in [0.29, 0.717) is 18.7 Å². The maximum absolute atomic E-state index is 13.5. The van der Waals surface area contributed by atoms with E-state index in [4.69, 9.17) is 11.5 Å². The van der Waals surface area contributed by atoms with E-state index in [1.807, 2.05) is 0 Å². The molecule has 22 heteroatoms. The number of nitrogens with zero attached hydrogens (tertiary/aromatic N) is 2. The lowest BCUT2D eigenvalue weighted by Gasteiger charge is -2.25. The highest BCUT2D eigenvalue weighted by Crippen LogP contribution is 2.09. The first-order valence-electron chi connectivity index (χ1n) is 16.1. The van der Waals surface area contributed by atoms with Crippen molar-refractivity contribution in [1.82, 2.24) is 41.9 Å². The second-order valence-electron chi connectivity index (χ2n) is 11.6. The van der Waals surface area contributed by atoms with Crippen LogP contribution in [0, 0.1) is 0 Å². The number of nitrogens with two attached hydrogens (primary N) is 2. The van der Waals surface area contributed by atoms with E-state index >= 15 is 0 Å². The minimum absolute atomic E-state index is 0.0452. The van der Waals surface area contributed by atoms with Gasteiger partial charge in [0.1, 0.15) is 24.2 Å². The van der Waals surface area contributed by atoms with Gasteiger partial charge in [0.25, 0.3) is 0 Å². The smallest absolute Gasteiger partial charge is 0.326 e. The molecule has 1 aliphatic heterocycles. The predicted molar refractivity (Wildman–Crippen MR) is 175 cm³/mol. The fourth-order valence-electron chi connectivity index (χ4n) is 4.92. The van der Waals surface area contributed by atoms with Gasteiger partial charge in [0.05, 0.1) is 18.9 Å². The van der Waals surface area contributed by atoms with Gasteiger partial charge in [-0.3, -0.25) is 38.6 Å². The molecule has 1 aliphatic rings. The summed E-state index contributed by atoms with van der Waals surface area (Å²) in [7, 11) is 0. The van der Waals surface area contributed by atoms with E-state index in [0.717, 1.165) is 6.42 Å². The number of carboxylic acids is 3. The lowest BCUT2D eigenvalue weighted by molar-refractivity contribution is -0.142. The fourth-order valence-corrected chi connectivity index (χ4v) is 4.92. The van der Waals surface area contributed by atoms with Crippen molar-refractivity contribution in [3.8, 4) is 0 Å². The molecule has 22 nitrogen and oxygen atoms in total. The van der Waals surface area contributed by atoms with Crippen molar-refractivity contribution < 1.29 is 53.7 Å². The number of guanidine groups is 1. The van der Waals surface area contributed by atoms with Crippen LogP contribution >= 0.6 is 0 Å². The summed E-state index contributed by atoms with van der Waals surface area (Å²) in [6.07, 6.45) is 2.05. The van der Waals surface area contributed by atoms with Crippen LogP contribution in [0.15, 0.2) is 17.5 Å². The number of aliphatic carboxylic acids is 3. The Morgan fingerprint density at radius 1 is 0.843 bits per heavy atom. The summed E-state index contributed by atoms with van der Waals surface area (Å²) in [5.41, 5.74) is 10.9. The van der Waals surface area contributed by atoms with Crippen LogP contribution in [0.3, 0.4) is 0 Å². The molecule has 2 rings (SSSR count). The third-order valence-corrected chi connectivity index (χ3v) is 7.55. The van der Waals surface area contributed by atoms with Gasteiger partial charge in [-0.25, -0.2) is 9.78 Å². The number of carbonyl (C=O) groups excluding carboxylic acids is 5. The number of aromatic amines is 1. The van der Waals surface area contributed by atoms with Gasteiger partial charge in [-0.1, -0.05) is 0 Å². The first-order chi connectivity index (χ1) is 24.2. The van der Waals surface area contributed by atoms with Crippen molar-refractivity contribution in [3.05, 3.63) is 18.2 Å². The van der Waals surface area contributed by atoms with Crippen LogP contribution in [0.4, 0.5) is 0 Å². The Kier molecular flexibility index (Phi) is 17.3. The van der Waals surface area contributed by atoms with Crippen molar-refractivity contribution in [1.29, 1.82) is 0 Å². The van der Waals surface area contributed by atoms with E-state index < -0.39 is 110 Å². The molecule has 5 atom stereocenters. The average Bonchev–Trinajstić information content (AvgIpc) is 3.79. The van der Waals surface area contributed by atoms with Crippen LogP contribution in [0.5, 0.6) is 0 Å². The van der Waals surface area contributed by atoms with E-state index in [1.165, 1.54) is 12.5 Å². The SMILES string of the molecule is NC(N)=NCCC[C@H](NC(=O)CNC(=O)[C@H](CCC(=O)O)NC(=O)[C@H](CCC(=O)O)NC(=O)[C@H](Cc1cnc[nH]1)NC(=O)[C@@H]1CCCN1)C(=O)O. The molecule has 51 heavy (non-hydrogen) atoms. The second kappa shape index (κ2) is 21.3. The summed E-state index contributed by atoms with van der Waals surface area (Å²) < 4.78 is 0. The molecular weight excluding hydrogens is 678 g/mol. The molecule has 2 heterocycles. The second-order valence-corrected chi connectivity index (χ2v) is 11.6. The Morgan fingerprint density at radius 2 is 1.47 bits per heavy atom. The first-order valence-corrected chi connectivity index (χ1v) is 16.1. The molecule has 1 saturated heterocycles. The Morgan fingerprint density at radius 3 is 2.00 bits per heavy atom. The molecule has 282 valence electrons. The highest BCUT2D eigenvalue weighted by Gasteiger charge is 2.32. The van der Waals surface area contributed by atoms with Gasteiger partial charge < -0.3 is 63.7 Å². The number of hydrogen-bond donors (Lipinski definition) is 12. The van der Waals surface area contributed by atoms with Crippen LogP contribution in [0.2, 0.25) is 0 Å². The van der Waals surface area contributed by atoms with Gasteiger partial charge in [0.15, 0.2) is 5.96 Å². The largest absolute Gasteiger partial charge is 0.481 e. The molecule has 0 bridgehead atoms. The minimum atomic E-state index is -1.57. The zero-order valence-electron chi connectivity index (χ0n) is 27.7. The van der Waals surface area contributed by atoms with Crippen LogP contribution in [0.1, 0.15) is 57.1 Å². The van der Waals surface area contributed by atoms with Crippen molar-refractivity contribution in [2.45, 2.75) is 88.0 Å². The molecule has 0 aromatic carbocycles. The monoisotopic (exact) mass is 723 g/mol. The summed E-state index contributed by atoms with van der Waals surface area (Å²) in [6, 6.07) is -6.26. The predicted octanol–water partition coefficient (Wildman–Crippen LogP) is -4.37. The zero-order chi connectivity index (χ0) is 37.9. The summed E-state index contributed by atoms with van der Waals surface area (Å²) in [5, 5.41) is 42.7. The molecule has 0 spiro atoms. The van der Waals surface area contributed by atoms with Gasteiger partial charge in [-0.05, 0) is 45.1 Å². The van der Waals surface area contributed by atoms with Crippen LogP contribution in [0.25, 0.3) is 0 Å². The quantitative estimate of drug-likeness (QED) is 0.0288. The molecule has 0 saturated carbocycles. The van der Waals surface area contributed by atoms with E-state index in [-0.39, 0.29) is 31.8 Å². The van der Waals surface area contributed by atoms with Gasteiger partial charge >= 0.3 is 17.9 Å². The van der Waals surface area contributed by atoms with Crippen molar-refractivity contribution >= 4 is 53.4 Å². The number of rotatable bonds is 23. The van der Waals surface area contributed by atoms with E-state index in [1.54, 1.807) is 0 Å². The lowest BCUT2D eigenvalue weighted by atomic mass is 10.1. The molecule has 0 radical (unpaired) electrons. The molecule has 14 N–H and O–H groups in total. The highest BCUT2D eigenvalue weighted by atomic mass is 16.4. The number of imidazole rings is 1. The maximum atomic E-state index is 13.5. The molecule has 0 unspecified atom stereocenters. The molecule has 1 fully saturated rings. The number of amides is 5. The number of nitrogens with one attached hydrogen (secondary N) is 7. The average molecular weight is 724 g/mol. The molecule has 0 aliphatic carbocycles. The summed E-state index contributed by atoms with van der Waals surface area (Å²) >= 11 is 0. The molecular formula is C29H45N11O11. The number of aromatic nitrogens is 2. The maximum Gasteiger partial charge on any atom is 0.326 e. The third kappa shape index (κ3) is 16.0. The van der Waals surface area contributed by atoms with Crippen molar-refractivity contribution in [2.24, 2.45) is 16.5 Å². The van der Waals surface area contributed by atoms with Gasteiger partial charge in [-0.2, -0.15) is 0 Å². The number of aliphatic imine (C=N–C) groups is 1. The topological polar surface area (TPSA) is 363 Å². The lowest BCUT2D eigenvalue weighted by Crippen LogP contribution is -2.58. The molecule has 1 aromatic rings. The minimum Gasteiger partial charge on any atom is -0.481 e. The van der Waals surface area contributed by atoms with Crippen LogP contribution in [-0.4, -0.2) is 129 Å². The number of hydrogen-bond acceptors (Lipinski definition) is 11. The normalized spacial score (nSPS) is 16.0. The van der Waals surface area contributed by atoms with Gasteiger partial charge in [0.2, 0.25) is 29.5 Å². The Labute approximate surface area is 291 Å². The standard InChI is InChI=1S/C29H45N11O11/c30-29(31)34-10-2-4-19(28(50)51)37-21(41)13-35-24(46)17(5-7-22(42)43)38-26(48)18(6-8-23(44)45)39-27(49)20(11-15-12-32-14-36-15)40-25(47)16-3-1-9-33-16/h12,14,16-20,33H,1-11,13H2,(H,32,36)(H,35,46)(H,37,41)(H,38,48)(H,39,49)(H,40,47)(H,42,43)(H,44,45)(H,50,51)(H4,30,31,34)/t16-,17-,18-,19-,20-/m0/s1. The third-order valence-electron chi connectivity index (χ3n) is 7.55. The van der Waals surface area contributed by atoms with E-state index in [2.05, 4.69) is 46.9 Å². The number of H-pyrrole nitrogens is 1. The van der Waals surface area contributed by atoms with Crippen molar-refractivity contribution in [2.75, 3.05) is 19.6 Å². The van der Waals surface area contributed by atoms with Crippen LogP contribution < -0.4 is 43.4 Å². The van der Waals surface area contributed by atoms with Gasteiger partial charge in [-0.15, -0.1) is 0 Å². The Hall–Kier alpha value is -5.80. The summed E-state index contributed by atoms with van der Waals surface area (Å²) in [5.74, 6) is -8.47. The summed E-state index contributed by atoms with van der Waals surface area (Å²) in [6.45, 7) is -0.0338. The zero-order valence-corrected chi connectivity index (χ0v) is 27.7. The van der Waals surface area contributed by atoms with Gasteiger partial charge in [0, 0.05) is 37.7 Å². The van der Waals surface area contributed by atoms with Crippen molar-refractivity contribution in [3.63, 3.8) is 0 Å². The highest BCUT2D eigenvalue weighted by molar-refractivity contribution is 5.96. The molecule has 1 aromatic heterocycles. The first kappa shape index (κ1) is 41.4. The molecule has 5 amide bonds. The Bertz CT molecular complexity index is 1410. The Balaban J connectivity index is 2.14.